The highest BCUT2D eigenvalue weighted by atomic mass is 32.2. The number of allylic oxidation sites excluding steroid dienone is 4. The van der Waals surface area contributed by atoms with E-state index in [0.29, 0.717) is 32.5 Å². The number of thioether (sulfide) groups is 1. The van der Waals surface area contributed by atoms with Crippen LogP contribution in [-0.2, 0) is 30.5 Å². The second kappa shape index (κ2) is 9.79. The normalized spacial score (nSPS) is 44.5. The number of hydrogen-bond acceptors (Lipinski definition) is 9. The van der Waals surface area contributed by atoms with Crippen molar-refractivity contribution < 1.29 is 37.8 Å². The number of esters is 1. The number of cyclic esters (lactones) is 1. The van der Waals surface area contributed by atoms with Crippen molar-refractivity contribution in [2.24, 2.45) is 28.6 Å². The highest BCUT2D eigenvalue weighted by molar-refractivity contribution is 8.01. The molecule has 1 aromatic heterocycles. The SMILES string of the molecule is C[C@]12C=CC(=O)CC1=C(F)C[C@H]1[C@@H]3C[C@H]4CN(Cc5ccsc5)O[C@@]4(C(=O)CSC4CCOC4=O)[C@@]3(C)C[C@H](O)[C@@]12F. The summed E-state index contributed by atoms with van der Waals surface area (Å²) in [6.07, 6.45) is 1.77. The van der Waals surface area contributed by atoms with Gasteiger partial charge in [0.2, 0.25) is 0 Å². The second-order valence-corrected chi connectivity index (χ2v) is 15.2. The number of aliphatic hydroxyl groups excluding tert-OH is 1. The van der Waals surface area contributed by atoms with Gasteiger partial charge in [-0.3, -0.25) is 19.2 Å². The van der Waals surface area contributed by atoms with Gasteiger partial charge in [0.05, 0.1) is 18.5 Å². The van der Waals surface area contributed by atoms with Gasteiger partial charge in [0.15, 0.2) is 22.8 Å². The fourth-order valence-corrected chi connectivity index (χ4v) is 11.1. The Morgan fingerprint density at radius 3 is 2.81 bits per heavy atom. The number of ketones is 2. The van der Waals surface area contributed by atoms with Crippen LogP contribution in [0.3, 0.4) is 0 Å². The quantitative estimate of drug-likeness (QED) is 0.457. The van der Waals surface area contributed by atoms with Gasteiger partial charge in [-0.2, -0.15) is 16.4 Å². The van der Waals surface area contributed by atoms with Gasteiger partial charge < -0.3 is 9.84 Å². The highest BCUT2D eigenvalue weighted by Crippen LogP contribution is 2.73. The van der Waals surface area contributed by atoms with Crippen molar-refractivity contribution in [2.45, 2.75) is 75.1 Å². The molecule has 11 heteroatoms. The standard InChI is InChI=1S/C31H35F2NO6S2/c1-28-6-3-19(35)10-22(28)23(32)11-21-20-9-18-14-34(13-17-5-8-41-15-17)40-31(18,29(20,2)12-25(36)30(21,28)33)26(37)16-42-24-4-7-39-27(24)38/h3,5-6,8,15,18,20-21,24-25,36H,4,7,9-14,16H2,1-2H3/t18-,20-,21-,24?,25-,28-,29-,30-,31-/m0/s1. The Balaban J connectivity index is 1.27. The number of thiophene rings is 1. The summed E-state index contributed by atoms with van der Waals surface area (Å²) in [5.74, 6) is -2.90. The number of aliphatic hydroxyl groups is 1. The molecule has 1 N–H and O–H groups in total. The first kappa shape index (κ1) is 28.8. The molecule has 4 aliphatic carbocycles. The summed E-state index contributed by atoms with van der Waals surface area (Å²) < 4.78 is 38.6. The van der Waals surface area contributed by atoms with Crippen LogP contribution in [0, 0.1) is 28.6 Å². The van der Waals surface area contributed by atoms with Gasteiger partial charge in [0.25, 0.3) is 0 Å². The number of alkyl halides is 1. The number of halogens is 2. The van der Waals surface area contributed by atoms with Crippen LogP contribution in [-0.4, -0.2) is 69.2 Å². The Bertz CT molecular complexity index is 1400. The van der Waals surface area contributed by atoms with E-state index in [1.54, 1.807) is 23.3 Å². The van der Waals surface area contributed by atoms with E-state index < -0.39 is 51.1 Å². The van der Waals surface area contributed by atoms with E-state index in [1.807, 2.05) is 23.8 Å². The van der Waals surface area contributed by atoms with Gasteiger partial charge in [0, 0.05) is 55.0 Å². The number of carbonyl (C=O) groups is 3. The number of Topliss-reactive ketones (excluding diaryl/α,β-unsaturated/α-hetero) is 1. The molecule has 226 valence electrons. The summed E-state index contributed by atoms with van der Waals surface area (Å²) in [7, 11) is 0. The maximum atomic E-state index is 17.7. The molecule has 1 aromatic rings. The summed E-state index contributed by atoms with van der Waals surface area (Å²) in [6, 6.07) is 2.00. The number of fused-ring (bicyclic) bond motifs is 7. The third-order valence-electron chi connectivity index (χ3n) is 11.4. The van der Waals surface area contributed by atoms with E-state index in [2.05, 4.69) is 0 Å². The Labute approximate surface area is 251 Å². The number of hydrogen-bond donors (Lipinski definition) is 1. The topological polar surface area (TPSA) is 93.1 Å². The van der Waals surface area contributed by atoms with Crippen molar-refractivity contribution in [1.29, 1.82) is 0 Å². The lowest BCUT2D eigenvalue weighted by Gasteiger charge is -2.62. The number of hydroxylamine groups is 2. The average Bonchev–Trinajstić information content (AvgIpc) is 3.72. The van der Waals surface area contributed by atoms with Gasteiger partial charge in [0.1, 0.15) is 11.1 Å². The maximum absolute atomic E-state index is 17.7. The van der Waals surface area contributed by atoms with E-state index in [4.69, 9.17) is 9.57 Å². The van der Waals surface area contributed by atoms with Crippen molar-refractivity contribution >= 4 is 40.6 Å². The molecule has 0 amide bonds. The predicted molar refractivity (Wildman–Crippen MR) is 153 cm³/mol. The summed E-state index contributed by atoms with van der Waals surface area (Å²) in [6.45, 7) is 4.75. The largest absolute Gasteiger partial charge is 0.465 e. The average molecular weight is 620 g/mol. The molecule has 0 bridgehead atoms. The Morgan fingerprint density at radius 1 is 1.29 bits per heavy atom. The first-order chi connectivity index (χ1) is 19.9. The molecule has 2 saturated heterocycles. The molecule has 2 saturated carbocycles. The smallest absolute Gasteiger partial charge is 0.319 e. The molecule has 4 fully saturated rings. The number of rotatable bonds is 6. The zero-order chi connectivity index (χ0) is 29.7. The minimum absolute atomic E-state index is 0.0212. The maximum Gasteiger partial charge on any atom is 0.319 e. The molecule has 3 heterocycles. The summed E-state index contributed by atoms with van der Waals surface area (Å²) in [5.41, 5.74) is -4.84. The Morgan fingerprint density at radius 2 is 2.10 bits per heavy atom. The van der Waals surface area contributed by atoms with Gasteiger partial charge in [-0.05, 0) is 59.7 Å². The van der Waals surface area contributed by atoms with Crippen molar-refractivity contribution in [2.75, 3.05) is 18.9 Å². The van der Waals surface area contributed by atoms with Crippen molar-refractivity contribution in [1.82, 2.24) is 5.06 Å². The molecule has 9 atom stereocenters. The van der Waals surface area contributed by atoms with Gasteiger partial charge >= 0.3 is 5.97 Å². The fourth-order valence-electron chi connectivity index (χ4n) is 9.39. The lowest BCUT2D eigenvalue weighted by Crippen LogP contribution is -2.69. The molecule has 6 aliphatic rings. The zero-order valence-corrected chi connectivity index (χ0v) is 25.3. The molecule has 1 unspecified atom stereocenters. The van der Waals surface area contributed by atoms with Crippen LogP contribution in [0.2, 0.25) is 0 Å². The minimum atomic E-state index is -2.21. The van der Waals surface area contributed by atoms with Gasteiger partial charge in [-0.25, -0.2) is 8.78 Å². The molecule has 7 rings (SSSR count). The Kier molecular flexibility index (Phi) is 6.72. The lowest BCUT2D eigenvalue weighted by molar-refractivity contribution is -0.265. The number of ether oxygens (including phenoxy) is 1. The third-order valence-corrected chi connectivity index (χ3v) is 13.4. The van der Waals surface area contributed by atoms with Crippen LogP contribution in [0.15, 0.2) is 40.4 Å². The van der Waals surface area contributed by atoms with Gasteiger partial charge in [-0.1, -0.05) is 13.0 Å². The first-order valence-corrected chi connectivity index (χ1v) is 16.7. The van der Waals surface area contributed by atoms with Crippen molar-refractivity contribution in [3.8, 4) is 0 Å². The van der Waals surface area contributed by atoms with E-state index in [1.165, 1.54) is 23.9 Å². The van der Waals surface area contributed by atoms with E-state index in [0.717, 1.165) is 5.56 Å². The monoisotopic (exact) mass is 619 g/mol. The summed E-state index contributed by atoms with van der Waals surface area (Å²) in [5, 5.41) is 17.2. The summed E-state index contributed by atoms with van der Waals surface area (Å²) >= 11 is 2.82. The van der Waals surface area contributed by atoms with Crippen LogP contribution >= 0.6 is 23.1 Å². The number of nitrogens with zero attached hydrogens (tertiary/aromatic N) is 1. The van der Waals surface area contributed by atoms with Crippen LogP contribution in [0.5, 0.6) is 0 Å². The third kappa shape index (κ3) is 3.76. The van der Waals surface area contributed by atoms with Crippen molar-refractivity contribution in [3.63, 3.8) is 0 Å². The van der Waals surface area contributed by atoms with Crippen LogP contribution < -0.4 is 0 Å². The fraction of sp³-hybridized carbons (Fsp3) is 0.645. The molecule has 0 spiro atoms. The molecular formula is C31H35F2NO6S2. The molecular weight excluding hydrogens is 584 g/mol. The molecule has 7 nitrogen and oxygen atoms in total. The van der Waals surface area contributed by atoms with E-state index in [9.17, 15) is 19.5 Å². The lowest BCUT2D eigenvalue weighted by atomic mass is 9.45. The predicted octanol–water partition coefficient (Wildman–Crippen LogP) is 4.75. The number of carbonyl (C=O) groups excluding carboxylic acids is 3. The molecule has 0 radical (unpaired) electrons. The van der Waals surface area contributed by atoms with Crippen LogP contribution in [0.25, 0.3) is 0 Å². The Hall–Kier alpha value is -1.92. The molecule has 2 aliphatic heterocycles. The molecule has 42 heavy (non-hydrogen) atoms. The van der Waals surface area contributed by atoms with Crippen LogP contribution in [0.1, 0.15) is 51.5 Å². The summed E-state index contributed by atoms with van der Waals surface area (Å²) in [4.78, 5) is 45.5. The van der Waals surface area contributed by atoms with Crippen molar-refractivity contribution in [3.05, 3.63) is 45.9 Å². The van der Waals surface area contributed by atoms with E-state index >= 15 is 8.78 Å². The highest BCUT2D eigenvalue weighted by Gasteiger charge is 2.79. The zero-order valence-electron chi connectivity index (χ0n) is 23.6. The minimum Gasteiger partial charge on any atom is -0.465 e. The first-order valence-electron chi connectivity index (χ1n) is 14.7. The van der Waals surface area contributed by atoms with Gasteiger partial charge in [-0.15, -0.1) is 11.8 Å². The van der Waals surface area contributed by atoms with Crippen LogP contribution in [0.4, 0.5) is 8.78 Å². The second-order valence-electron chi connectivity index (χ2n) is 13.3. The van der Waals surface area contributed by atoms with E-state index in [-0.39, 0.29) is 54.0 Å². The molecule has 0 aromatic carbocycles.